The molecule has 1 rings (SSSR count). The van der Waals surface area contributed by atoms with E-state index in [1.165, 1.54) is 28.8 Å². The minimum absolute atomic E-state index is 0.541. The van der Waals surface area contributed by atoms with E-state index in [9.17, 15) is 0 Å². The number of rotatable bonds is 2. The molecule has 1 fully saturated rings. The predicted molar refractivity (Wildman–Crippen MR) is 60.3 cm³/mol. The third-order valence-electron chi connectivity index (χ3n) is 2.49. The topological polar surface area (TPSA) is 12.5 Å². The molecule has 2 nitrogen and oxygen atoms in total. The Bertz CT molecular complexity index is 305. The summed E-state index contributed by atoms with van der Waals surface area (Å²) in [5, 5.41) is 0. The molecule has 1 aliphatic rings. The molecule has 0 bridgehead atoms. The fourth-order valence-electron chi connectivity index (χ4n) is 1.47. The molecule has 0 unspecified atom stereocenters. The number of ether oxygens (including phenoxy) is 1. The molecule has 3 heteroatoms. The first-order valence-electron chi connectivity index (χ1n) is 5.29. The fourth-order valence-corrected chi connectivity index (χ4v) is 1.86. The van der Waals surface area contributed by atoms with E-state index in [0.29, 0.717) is 12.8 Å². The van der Waals surface area contributed by atoms with Crippen LogP contribution in [0.3, 0.4) is 0 Å². The second kappa shape index (κ2) is 5.77. The van der Waals surface area contributed by atoms with Gasteiger partial charge in [-0.05, 0) is 0 Å². The normalized spacial score (nSPS) is 23.5. The van der Waals surface area contributed by atoms with E-state index in [-0.39, 0.29) is 0 Å². The maximum atomic E-state index is 5.78. The van der Waals surface area contributed by atoms with E-state index in [4.69, 9.17) is 4.74 Å². The Balaban J connectivity index is 2.79. The van der Waals surface area contributed by atoms with Gasteiger partial charge in [0.05, 0.1) is 0 Å². The molecule has 0 aromatic heterocycles. The molecular weight excluding hydrogens is 358 g/mol. The van der Waals surface area contributed by atoms with Gasteiger partial charge in [-0.3, -0.25) is 0 Å². The first-order chi connectivity index (χ1) is 7.04. The van der Waals surface area contributed by atoms with Gasteiger partial charge in [0.1, 0.15) is 0 Å². The van der Waals surface area contributed by atoms with Crippen molar-refractivity contribution in [3.63, 3.8) is 0 Å². The molecule has 1 aliphatic heterocycles. The molecule has 0 aromatic rings. The molecule has 15 heavy (non-hydrogen) atoms. The Morgan fingerprint density at radius 1 is 1.53 bits per heavy atom. The van der Waals surface area contributed by atoms with Crippen molar-refractivity contribution in [2.24, 2.45) is 0 Å². The van der Waals surface area contributed by atoms with Crippen molar-refractivity contribution in [1.29, 1.82) is 0 Å². The summed E-state index contributed by atoms with van der Waals surface area (Å²) in [7, 11) is 0. The number of allylic oxidation sites excluding steroid dienone is 2. The average molecular weight is 377 g/mol. The molecule has 0 spiro atoms. The molecule has 0 saturated carbocycles. The van der Waals surface area contributed by atoms with Gasteiger partial charge in [0, 0.05) is 0 Å². The molecular formula is C12H19NOW. The Labute approximate surface area is 103 Å². The van der Waals surface area contributed by atoms with Crippen LogP contribution in [0.1, 0.15) is 27.7 Å². The Morgan fingerprint density at radius 3 is 2.67 bits per heavy atom. The first-order valence-corrected chi connectivity index (χ1v) is 6.76. The number of hydrogen-bond acceptors (Lipinski definition) is 2. The van der Waals surface area contributed by atoms with E-state index in [0.717, 1.165) is 12.3 Å². The summed E-state index contributed by atoms with van der Waals surface area (Å²) in [5.41, 5.74) is 1.30. The Hall–Kier alpha value is -0.202. The van der Waals surface area contributed by atoms with Crippen LogP contribution in [-0.2, 0) is 24.1 Å². The van der Waals surface area contributed by atoms with Crippen LogP contribution in [0.4, 0.5) is 0 Å². The summed E-state index contributed by atoms with van der Waals surface area (Å²) in [5.74, 6) is 1.06. The minimum atomic E-state index is 0.541. The van der Waals surface area contributed by atoms with Gasteiger partial charge in [0.2, 0.25) is 0 Å². The van der Waals surface area contributed by atoms with Gasteiger partial charge >= 0.3 is 103 Å². The average Bonchev–Trinajstić information content (AvgIpc) is 2.17. The Kier molecular flexibility index (Phi) is 4.95. The van der Waals surface area contributed by atoms with E-state index >= 15 is 0 Å². The zero-order valence-electron chi connectivity index (χ0n) is 9.91. The van der Waals surface area contributed by atoms with Crippen LogP contribution in [0.2, 0.25) is 0 Å². The van der Waals surface area contributed by atoms with Crippen molar-refractivity contribution < 1.29 is 24.1 Å². The van der Waals surface area contributed by atoms with Crippen molar-refractivity contribution in [2.75, 3.05) is 13.3 Å². The van der Waals surface area contributed by atoms with Gasteiger partial charge in [-0.15, -0.1) is 0 Å². The summed E-state index contributed by atoms with van der Waals surface area (Å²) in [4.78, 5) is 2.32. The van der Waals surface area contributed by atoms with Crippen LogP contribution < -0.4 is 0 Å². The summed E-state index contributed by atoms with van der Waals surface area (Å²) in [6, 6.07) is 0.541. The zero-order valence-corrected chi connectivity index (χ0v) is 12.8. The van der Waals surface area contributed by atoms with E-state index in [1.807, 2.05) is 0 Å². The summed E-state index contributed by atoms with van der Waals surface area (Å²) in [6.45, 7) is 10.3. The van der Waals surface area contributed by atoms with Crippen molar-refractivity contribution in [3.8, 4) is 0 Å². The van der Waals surface area contributed by atoms with Gasteiger partial charge in [0.15, 0.2) is 0 Å². The number of hydrogen-bond donors (Lipinski definition) is 0. The molecule has 0 amide bonds. The molecule has 1 heterocycles. The van der Waals surface area contributed by atoms with E-state index in [1.54, 1.807) is 0 Å². The molecule has 0 N–H and O–H groups in total. The van der Waals surface area contributed by atoms with Crippen molar-refractivity contribution in [2.45, 2.75) is 33.7 Å². The molecule has 1 saturated heterocycles. The molecule has 84 valence electrons. The molecule has 0 radical (unpaired) electrons. The van der Waals surface area contributed by atoms with Crippen LogP contribution in [0.5, 0.6) is 0 Å². The summed E-state index contributed by atoms with van der Waals surface area (Å²) >= 11 is 1.50. The fraction of sp³-hybridized carbons (Fsp3) is 0.583. The molecule has 0 aliphatic carbocycles. The second-order valence-corrected chi connectivity index (χ2v) is 6.36. The molecule has 0 aromatic carbocycles. The van der Waals surface area contributed by atoms with Gasteiger partial charge in [-0.1, -0.05) is 0 Å². The molecule has 0 atom stereocenters. The summed E-state index contributed by atoms with van der Waals surface area (Å²) < 4.78 is 7.14. The summed E-state index contributed by atoms with van der Waals surface area (Å²) in [6.07, 6.45) is 4.31. The van der Waals surface area contributed by atoms with Crippen LogP contribution in [0, 0.1) is 0 Å². The third-order valence-corrected chi connectivity index (χ3v) is 2.91. The predicted octanol–water partition coefficient (Wildman–Crippen LogP) is 2.25. The van der Waals surface area contributed by atoms with Gasteiger partial charge in [-0.2, -0.15) is 0 Å². The monoisotopic (exact) mass is 377 g/mol. The van der Waals surface area contributed by atoms with Gasteiger partial charge < -0.3 is 0 Å². The van der Waals surface area contributed by atoms with Crippen molar-refractivity contribution in [1.82, 2.24) is 4.90 Å². The maximum absolute atomic E-state index is 5.78. The van der Waals surface area contributed by atoms with Crippen molar-refractivity contribution in [3.05, 3.63) is 23.5 Å². The van der Waals surface area contributed by atoms with E-state index in [2.05, 4.69) is 44.7 Å². The Morgan fingerprint density at radius 2 is 2.20 bits per heavy atom. The quantitative estimate of drug-likeness (QED) is 0.732. The van der Waals surface area contributed by atoms with E-state index < -0.39 is 0 Å². The van der Waals surface area contributed by atoms with Gasteiger partial charge in [0.25, 0.3) is 0 Å². The third kappa shape index (κ3) is 3.70. The SMILES string of the molecule is CC=C1CN(C(C)C)COC1=C[C](C)=[W]. The first kappa shape index (κ1) is 12.9. The van der Waals surface area contributed by atoms with Crippen LogP contribution in [-0.4, -0.2) is 28.1 Å². The standard InChI is InChI=1S/C12H19NO.W/c1-5-7-12-11(6-2)8-13(9-14-12)10(3)4;/h6-7,10H,8-9H2,1-4H3;. The van der Waals surface area contributed by atoms with Crippen LogP contribution in [0.15, 0.2) is 23.5 Å². The zero-order chi connectivity index (χ0) is 11.4. The van der Waals surface area contributed by atoms with Crippen molar-refractivity contribution >= 4 is 3.90 Å². The number of nitrogens with zero attached hydrogens (tertiary/aromatic N) is 1. The van der Waals surface area contributed by atoms with Crippen LogP contribution >= 0.6 is 0 Å². The van der Waals surface area contributed by atoms with Crippen LogP contribution in [0.25, 0.3) is 0 Å². The second-order valence-electron chi connectivity index (χ2n) is 4.05. The van der Waals surface area contributed by atoms with Gasteiger partial charge in [-0.25, -0.2) is 0 Å².